The molecule has 0 aliphatic carbocycles. The van der Waals surface area contributed by atoms with Gasteiger partial charge in [0.15, 0.2) is 6.61 Å². The molecule has 0 atom stereocenters. The molecule has 0 heterocycles. The van der Waals surface area contributed by atoms with Gasteiger partial charge in [-0.05, 0) is 72.7 Å². The predicted molar refractivity (Wildman–Crippen MR) is 127 cm³/mol. The summed E-state index contributed by atoms with van der Waals surface area (Å²) in [5.74, 6) is -0.484. The van der Waals surface area contributed by atoms with Crippen LogP contribution in [-0.4, -0.2) is 23.5 Å². The summed E-state index contributed by atoms with van der Waals surface area (Å²) in [6, 6.07) is 19.6. The fourth-order valence-corrected chi connectivity index (χ4v) is 2.95. The molecule has 0 saturated carbocycles. The Morgan fingerprint density at radius 2 is 1.79 bits per heavy atom. The summed E-state index contributed by atoms with van der Waals surface area (Å²) in [6.07, 6.45) is 1.41. The van der Waals surface area contributed by atoms with Gasteiger partial charge >= 0.3 is 0 Å². The highest BCUT2D eigenvalue weighted by molar-refractivity contribution is 6.31. The summed E-state index contributed by atoms with van der Waals surface area (Å²) in [7, 11) is 0. The second-order valence-electron chi connectivity index (χ2n) is 7.04. The summed E-state index contributed by atoms with van der Waals surface area (Å²) < 4.78 is 5.54. The van der Waals surface area contributed by atoms with E-state index >= 15 is 0 Å². The van der Waals surface area contributed by atoms with Crippen LogP contribution in [0.5, 0.6) is 11.5 Å². The van der Waals surface area contributed by atoms with Gasteiger partial charge < -0.3 is 20.5 Å². The molecule has 3 aromatic rings. The van der Waals surface area contributed by atoms with Gasteiger partial charge in [-0.25, -0.2) is 0 Å². The number of hydrogen-bond acceptors (Lipinski definition) is 5. The SMILES string of the molecule is Cc1ccc(NC(=O)COc2cccc(/C=C(\C#N)C(=O)Nc3ccc(O)cc3)c2)cc1Cl. The maximum atomic E-state index is 12.4. The number of ether oxygens (including phenoxy) is 1. The van der Waals surface area contributed by atoms with Gasteiger partial charge in [-0.1, -0.05) is 29.8 Å². The number of aryl methyl sites for hydroxylation is 1. The van der Waals surface area contributed by atoms with Crippen molar-refractivity contribution in [2.24, 2.45) is 0 Å². The van der Waals surface area contributed by atoms with E-state index in [4.69, 9.17) is 16.3 Å². The molecular weight excluding hydrogens is 442 g/mol. The summed E-state index contributed by atoms with van der Waals surface area (Å²) >= 11 is 6.07. The lowest BCUT2D eigenvalue weighted by atomic mass is 10.1. The zero-order valence-corrected chi connectivity index (χ0v) is 18.4. The number of amides is 2. The zero-order chi connectivity index (χ0) is 23.8. The summed E-state index contributed by atoms with van der Waals surface area (Å²) in [6.45, 7) is 1.64. The van der Waals surface area contributed by atoms with Gasteiger partial charge in [0.1, 0.15) is 23.1 Å². The van der Waals surface area contributed by atoms with Crippen molar-refractivity contribution in [3.8, 4) is 17.6 Å². The Balaban J connectivity index is 1.62. The van der Waals surface area contributed by atoms with E-state index in [9.17, 15) is 20.0 Å². The van der Waals surface area contributed by atoms with Crippen molar-refractivity contribution in [2.75, 3.05) is 17.2 Å². The Morgan fingerprint density at radius 3 is 2.48 bits per heavy atom. The Hall–Kier alpha value is -4.28. The van der Waals surface area contributed by atoms with Crippen LogP contribution in [0.25, 0.3) is 6.08 Å². The monoisotopic (exact) mass is 461 g/mol. The van der Waals surface area contributed by atoms with E-state index in [1.54, 1.807) is 42.5 Å². The highest BCUT2D eigenvalue weighted by Crippen LogP contribution is 2.21. The molecule has 0 bridgehead atoms. The average molecular weight is 462 g/mol. The highest BCUT2D eigenvalue weighted by atomic mass is 35.5. The number of nitrogens with one attached hydrogen (secondary N) is 2. The molecule has 166 valence electrons. The second-order valence-corrected chi connectivity index (χ2v) is 7.45. The van der Waals surface area contributed by atoms with Crippen LogP contribution in [0.1, 0.15) is 11.1 Å². The minimum Gasteiger partial charge on any atom is -0.508 e. The highest BCUT2D eigenvalue weighted by Gasteiger charge is 2.10. The molecule has 0 saturated heterocycles. The number of carbonyl (C=O) groups is 2. The minimum atomic E-state index is -0.592. The molecule has 2 amide bonds. The van der Waals surface area contributed by atoms with Crippen molar-refractivity contribution in [1.82, 2.24) is 0 Å². The first kappa shape index (κ1) is 23.4. The van der Waals surface area contributed by atoms with Gasteiger partial charge in [0, 0.05) is 16.4 Å². The van der Waals surface area contributed by atoms with Crippen LogP contribution >= 0.6 is 11.6 Å². The fourth-order valence-electron chi connectivity index (χ4n) is 2.77. The number of aromatic hydroxyl groups is 1. The number of benzene rings is 3. The number of phenolic OH excluding ortho intramolecular Hbond substituents is 1. The van der Waals surface area contributed by atoms with Crippen LogP contribution in [0.15, 0.2) is 72.3 Å². The Morgan fingerprint density at radius 1 is 1.06 bits per heavy atom. The van der Waals surface area contributed by atoms with Crippen LogP contribution in [0.3, 0.4) is 0 Å². The van der Waals surface area contributed by atoms with E-state index in [-0.39, 0.29) is 23.8 Å². The molecule has 8 heteroatoms. The van der Waals surface area contributed by atoms with Crippen LogP contribution in [0, 0.1) is 18.3 Å². The third-order valence-corrected chi connectivity index (χ3v) is 4.89. The van der Waals surface area contributed by atoms with Gasteiger partial charge in [0.2, 0.25) is 0 Å². The minimum absolute atomic E-state index is 0.0669. The smallest absolute Gasteiger partial charge is 0.266 e. The first-order chi connectivity index (χ1) is 15.8. The van der Waals surface area contributed by atoms with Gasteiger partial charge in [0.05, 0.1) is 0 Å². The Labute approximate surface area is 195 Å². The molecule has 3 rings (SSSR count). The van der Waals surface area contributed by atoms with Gasteiger partial charge in [0.25, 0.3) is 11.8 Å². The standard InChI is InChI=1S/C25H20ClN3O4/c1-16-5-6-20(13-23(16)26)28-24(31)15-33-22-4-2-3-17(12-22)11-18(14-27)25(32)29-19-7-9-21(30)10-8-19/h2-13,30H,15H2,1H3,(H,28,31)(H,29,32)/b18-11+. The number of nitriles is 1. The molecule has 33 heavy (non-hydrogen) atoms. The van der Waals surface area contributed by atoms with Crippen molar-refractivity contribution in [1.29, 1.82) is 5.26 Å². The van der Waals surface area contributed by atoms with Gasteiger partial charge in [-0.3, -0.25) is 9.59 Å². The Bertz CT molecular complexity index is 1250. The van der Waals surface area contributed by atoms with Gasteiger partial charge in [-0.15, -0.1) is 0 Å². The number of hydrogen-bond donors (Lipinski definition) is 3. The Kier molecular flexibility index (Phi) is 7.68. The first-order valence-electron chi connectivity index (χ1n) is 9.85. The molecule has 3 N–H and O–H groups in total. The molecule has 0 aromatic heterocycles. The fraction of sp³-hybridized carbons (Fsp3) is 0.0800. The van der Waals surface area contributed by atoms with E-state index < -0.39 is 5.91 Å². The number of phenols is 1. The molecule has 0 spiro atoms. The lowest BCUT2D eigenvalue weighted by Gasteiger charge is -2.09. The zero-order valence-electron chi connectivity index (χ0n) is 17.6. The number of carbonyl (C=O) groups excluding carboxylic acids is 2. The maximum Gasteiger partial charge on any atom is 0.266 e. The lowest BCUT2D eigenvalue weighted by Crippen LogP contribution is -2.20. The van der Waals surface area contributed by atoms with E-state index in [1.165, 1.54) is 30.3 Å². The molecule has 3 aromatic carbocycles. The maximum absolute atomic E-state index is 12.4. The average Bonchev–Trinajstić information content (AvgIpc) is 2.80. The third-order valence-electron chi connectivity index (χ3n) is 4.48. The normalized spacial score (nSPS) is 10.8. The largest absolute Gasteiger partial charge is 0.508 e. The molecule has 0 radical (unpaired) electrons. The van der Waals surface area contributed by atoms with Crippen LogP contribution in [0.2, 0.25) is 5.02 Å². The number of nitrogens with zero attached hydrogens (tertiary/aromatic N) is 1. The van der Waals surface area contributed by atoms with E-state index in [0.29, 0.717) is 27.7 Å². The molecule has 0 aliphatic heterocycles. The van der Waals surface area contributed by atoms with Crippen molar-refractivity contribution >= 4 is 40.9 Å². The molecule has 7 nitrogen and oxygen atoms in total. The summed E-state index contributed by atoms with van der Waals surface area (Å²) in [5.41, 5.74) is 2.35. The summed E-state index contributed by atoms with van der Waals surface area (Å²) in [4.78, 5) is 24.6. The van der Waals surface area contributed by atoms with E-state index in [2.05, 4.69) is 10.6 Å². The molecular formula is C25H20ClN3O4. The quantitative estimate of drug-likeness (QED) is 0.263. The number of rotatable bonds is 7. The predicted octanol–water partition coefficient (Wildman–Crippen LogP) is 4.92. The number of halogens is 1. The van der Waals surface area contributed by atoms with Crippen molar-refractivity contribution in [3.63, 3.8) is 0 Å². The van der Waals surface area contributed by atoms with Crippen molar-refractivity contribution in [3.05, 3.63) is 88.5 Å². The first-order valence-corrected chi connectivity index (χ1v) is 10.2. The number of anilines is 2. The molecule has 0 unspecified atom stereocenters. The van der Waals surface area contributed by atoms with E-state index in [1.807, 2.05) is 13.0 Å². The van der Waals surface area contributed by atoms with Crippen molar-refractivity contribution < 1.29 is 19.4 Å². The van der Waals surface area contributed by atoms with Crippen LogP contribution < -0.4 is 15.4 Å². The topological polar surface area (TPSA) is 111 Å². The lowest BCUT2D eigenvalue weighted by molar-refractivity contribution is -0.118. The van der Waals surface area contributed by atoms with Crippen LogP contribution in [-0.2, 0) is 9.59 Å². The van der Waals surface area contributed by atoms with E-state index in [0.717, 1.165) is 5.56 Å². The summed E-state index contributed by atoms with van der Waals surface area (Å²) in [5, 5.41) is 24.6. The van der Waals surface area contributed by atoms with Crippen molar-refractivity contribution in [2.45, 2.75) is 6.92 Å². The molecule has 0 aliphatic rings. The second kappa shape index (κ2) is 10.8. The third kappa shape index (κ3) is 6.86. The van der Waals surface area contributed by atoms with Gasteiger partial charge in [-0.2, -0.15) is 5.26 Å². The van der Waals surface area contributed by atoms with Crippen LogP contribution in [0.4, 0.5) is 11.4 Å². The molecule has 0 fully saturated rings.